The SMILES string of the molecule is CS(=O)(=O)c1ccc(NC2CCCN([C@H]3CCN(c4ncc(C(F)(F)F)cc4Cl)C(=O)C3)C2=O)c(F)c1. The molecule has 3 heterocycles. The molecule has 200 valence electrons. The lowest BCUT2D eigenvalue weighted by atomic mass is 9.96. The van der Waals surface area contributed by atoms with Gasteiger partial charge >= 0.3 is 6.18 Å². The van der Waals surface area contributed by atoms with Crippen LogP contribution >= 0.6 is 11.6 Å². The number of anilines is 2. The first-order valence-electron chi connectivity index (χ1n) is 11.4. The largest absolute Gasteiger partial charge is 0.417 e. The first-order valence-corrected chi connectivity index (χ1v) is 13.6. The molecule has 2 aliphatic heterocycles. The molecule has 1 aromatic carbocycles. The molecule has 2 aliphatic rings. The summed E-state index contributed by atoms with van der Waals surface area (Å²) in [6, 6.07) is 2.90. The van der Waals surface area contributed by atoms with Crippen LogP contribution in [0.5, 0.6) is 0 Å². The average Bonchev–Trinajstić information content (AvgIpc) is 2.80. The number of piperidine rings is 2. The van der Waals surface area contributed by atoms with Crippen molar-refractivity contribution in [2.24, 2.45) is 0 Å². The van der Waals surface area contributed by atoms with Crippen LogP contribution in [0.3, 0.4) is 0 Å². The van der Waals surface area contributed by atoms with Gasteiger partial charge in [-0.1, -0.05) is 11.6 Å². The van der Waals surface area contributed by atoms with Crippen LogP contribution in [0.15, 0.2) is 35.4 Å². The van der Waals surface area contributed by atoms with Gasteiger partial charge in [-0.2, -0.15) is 13.2 Å². The molecule has 0 spiro atoms. The first kappa shape index (κ1) is 27.1. The molecule has 2 saturated heterocycles. The number of nitrogens with zero attached hydrogens (tertiary/aromatic N) is 3. The van der Waals surface area contributed by atoms with Crippen molar-refractivity contribution < 1.29 is 35.6 Å². The normalized spacial score (nSPS) is 21.4. The number of aromatic nitrogens is 1. The summed E-state index contributed by atoms with van der Waals surface area (Å²) in [5.41, 5.74) is -1.04. The van der Waals surface area contributed by atoms with E-state index in [4.69, 9.17) is 11.6 Å². The highest BCUT2D eigenvalue weighted by Crippen LogP contribution is 2.35. The van der Waals surface area contributed by atoms with E-state index in [1.807, 2.05) is 0 Å². The van der Waals surface area contributed by atoms with Gasteiger partial charge < -0.3 is 10.2 Å². The van der Waals surface area contributed by atoms with Gasteiger partial charge in [-0.25, -0.2) is 17.8 Å². The van der Waals surface area contributed by atoms with Crippen molar-refractivity contribution in [2.45, 2.75) is 48.8 Å². The summed E-state index contributed by atoms with van der Waals surface area (Å²) in [5, 5.41) is 2.54. The molecule has 2 fully saturated rings. The number of carbonyl (C=O) groups is 2. The number of alkyl halides is 3. The Kier molecular flexibility index (Phi) is 7.39. The Morgan fingerprint density at radius 2 is 1.86 bits per heavy atom. The van der Waals surface area contributed by atoms with E-state index >= 15 is 0 Å². The standard InChI is InChI=1S/C23H23ClF4N4O4S/c1-37(35,36)15-4-5-18(17(25)11-15)30-19-3-2-7-31(22(19)34)14-6-8-32(20(33)10-14)21-16(24)9-13(12-29-21)23(26,27)28/h4-5,9,11-12,14,19,30H,2-3,6-8,10H2,1H3/t14-,19?/m0/s1. The monoisotopic (exact) mass is 562 g/mol. The molecule has 0 aliphatic carbocycles. The summed E-state index contributed by atoms with van der Waals surface area (Å²) in [6.07, 6.45) is -1.76. The molecule has 2 amide bonds. The average molecular weight is 563 g/mol. The highest BCUT2D eigenvalue weighted by Gasteiger charge is 2.39. The molecule has 2 aromatic rings. The van der Waals surface area contributed by atoms with E-state index in [0.29, 0.717) is 32.0 Å². The molecule has 8 nitrogen and oxygen atoms in total. The number of amides is 2. The van der Waals surface area contributed by atoms with Gasteiger partial charge in [0.05, 0.1) is 21.2 Å². The molecule has 0 bridgehead atoms. The maximum Gasteiger partial charge on any atom is 0.417 e. The number of rotatable bonds is 5. The van der Waals surface area contributed by atoms with Crippen LogP contribution in [0.4, 0.5) is 29.1 Å². The van der Waals surface area contributed by atoms with Crippen molar-refractivity contribution in [3.8, 4) is 0 Å². The Balaban J connectivity index is 1.44. The van der Waals surface area contributed by atoms with E-state index in [0.717, 1.165) is 18.4 Å². The number of nitrogens with one attached hydrogen (secondary N) is 1. The van der Waals surface area contributed by atoms with Gasteiger partial charge in [-0.3, -0.25) is 14.5 Å². The Labute approximate surface area is 215 Å². The Morgan fingerprint density at radius 3 is 2.46 bits per heavy atom. The van der Waals surface area contributed by atoms with Crippen LogP contribution in [-0.4, -0.2) is 61.5 Å². The van der Waals surface area contributed by atoms with Crippen LogP contribution in [0, 0.1) is 5.82 Å². The summed E-state index contributed by atoms with van der Waals surface area (Å²) in [4.78, 5) is 32.4. The van der Waals surface area contributed by atoms with E-state index in [9.17, 15) is 35.6 Å². The van der Waals surface area contributed by atoms with Crippen LogP contribution in [0.25, 0.3) is 0 Å². The summed E-state index contributed by atoms with van der Waals surface area (Å²) in [5.74, 6) is -1.64. The van der Waals surface area contributed by atoms with Gasteiger partial charge in [0.2, 0.25) is 11.8 Å². The number of likely N-dealkylation sites (tertiary alicyclic amines) is 1. The number of benzene rings is 1. The van der Waals surface area contributed by atoms with Crippen molar-refractivity contribution in [3.05, 3.63) is 46.9 Å². The zero-order chi connectivity index (χ0) is 27.1. The highest BCUT2D eigenvalue weighted by molar-refractivity contribution is 7.90. The molecule has 37 heavy (non-hydrogen) atoms. The molecular weight excluding hydrogens is 540 g/mol. The quantitative estimate of drug-likeness (QED) is 0.555. The fourth-order valence-electron chi connectivity index (χ4n) is 4.52. The number of sulfone groups is 1. The van der Waals surface area contributed by atoms with Crippen LogP contribution in [0.1, 0.15) is 31.2 Å². The zero-order valence-electron chi connectivity index (χ0n) is 19.6. The summed E-state index contributed by atoms with van der Waals surface area (Å²) >= 11 is 5.99. The number of carbonyl (C=O) groups excluding carboxylic acids is 2. The minimum Gasteiger partial charge on any atom is -0.371 e. The minimum absolute atomic E-state index is 0.0125. The van der Waals surface area contributed by atoms with E-state index in [1.165, 1.54) is 17.0 Å². The van der Waals surface area contributed by atoms with E-state index < -0.39 is 45.4 Å². The van der Waals surface area contributed by atoms with E-state index in [1.54, 1.807) is 4.90 Å². The second-order valence-corrected chi connectivity index (χ2v) is 11.4. The van der Waals surface area contributed by atoms with Crippen LogP contribution in [-0.2, 0) is 25.6 Å². The van der Waals surface area contributed by atoms with Crippen LogP contribution in [0.2, 0.25) is 5.02 Å². The van der Waals surface area contributed by atoms with Gasteiger partial charge in [0, 0.05) is 38.0 Å². The molecule has 14 heteroatoms. The lowest BCUT2D eigenvalue weighted by molar-refractivity contribution is -0.139. The lowest BCUT2D eigenvalue weighted by Crippen LogP contribution is -2.56. The van der Waals surface area contributed by atoms with Crippen molar-refractivity contribution in [2.75, 3.05) is 29.6 Å². The van der Waals surface area contributed by atoms with Crippen molar-refractivity contribution in [1.82, 2.24) is 9.88 Å². The smallest absolute Gasteiger partial charge is 0.371 e. The third-order valence-electron chi connectivity index (χ3n) is 6.41. The summed E-state index contributed by atoms with van der Waals surface area (Å²) in [7, 11) is -3.59. The maximum atomic E-state index is 14.5. The predicted molar refractivity (Wildman–Crippen MR) is 127 cm³/mol. The van der Waals surface area contributed by atoms with Gasteiger partial charge in [0.25, 0.3) is 0 Å². The topological polar surface area (TPSA) is 99.7 Å². The summed E-state index contributed by atoms with van der Waals surface area (Å²) in [6.45, 7) is 0.495. The fourth-order valence-corrected chi connectivity index (χ4v) is 5.42. The number of pyridine rings is 1. The highest BCUT2D eigenvalue weighted by atomic mass is 35.5. The molecule has 4 rings (SSSR count). The lowest BCUT2D eigenvalue weighted by Gasteiger charge is -2.41. The third kappa shape index (κ3) is 5.82. The van der Waals surface area contributed by atoms with Gasteiger partial charge in [0.15, 0.2) is 15.7 Å². The molecule has 1 N–H and O–H groups in total. The number of halogens is 5. The van der Waals surface area contributed by atoms with Gasteiger partial charge in [-0.05, 0) is 43.5 Å². The fraction of sp³-hybridized carbons (Fsp3) is 0.435. The minimum atomic E-state index is -4.62. The molecule has 2 atom stereocenters. The maximum absolute atomic E-state index is 14.5. The molecule has 1 unspecified atom stereocenters. The van der Waals surface area contributed by atoms with E-state index in [2.05, 4.69) is 10.3 Å². The number of hydrogen-bond donors (Lipinski definition) is 1. The van der Waals surface area contributed by atoms with Crippen molar-refractivity contribution in [1.29, 1.82) is 0 Å². The molecule has 1 aromatic heterocycles. The second kappa shape index (κ2) is 10.1. The van der Waals surface area contributed by atoms with Crippen molar-refractivity contribution in [3.63, 3.8) is 0 Å². The Morgan fingerprint density at radius 1 is 1.14 bits per heavy atom. The number of hydrogen-bond acceptors (Lipinski definition) is 6. The predicted octanol–water partition coefficient (Wildman–Crippen LogP) is 3.89. The Hall–Kier alpha value is -2.93. The second-order valence-electron chi connectivity index (χ2n) is 9.00. The van der Waals surface area contributed by atoms with Crippen molar-refractivity contribution >= 4 is 44.8 Å². The van der Waals surface area contributed by atoms with Gasteiger partial charge in [0.1, 0.15) is 11.9 Å². The van der Waals surface area contributed by atoms with Crippen LogP contribution < -0.4 is 10.2 Å². The first-order chi connectivity index (χ1) is 17.3. The Bertz CT molecular complexity index is 1340. The molecule has 0 saturated carbocycles. The van der Waals surface area contributed by atoms with Gasteiger partial charge in [-0.15, -0.1) is 0 Å². The molecular formula is C23H23ClF4N4O4S. The summed E-state index contributed by atoms with van der Waals surface area (Å²) < 4.78 is 76.5. The zero-order valence-corrected chi connectivity index (χ0v) is 21.1. The van der Waals surface area contributed by atoms with E-state index in [-0.39, 0.29) is 40.3 Å². The molecule has 0 radical (unpaired) electrons. The third-order valence-corrected chi connectivity index (χ3v) is 7.80.